The number of carboxylic acids is 1. The third-order valence-corrected chi connectivity index (χ3v) is 6.35. The molecule has 2 N–H and O–H groups in total. The summed E-state index contributed by atoms with van der Waals surface area (Å²) in [5, 5.41) is 12.0. The fourth-order valence-corrected chi connectivity index (χ4v) is 4.55. The van der Waals surface area contributed by atoms with Gasteiger partial charge in [-0.3, -0.25) is 4.79 Å². The number of methoxy groups -OCH3 is 1. The van der Waals surface area contributed by atoms with Crippen molar-refractivity contribution in [2.75, 3.05) is 31.6 Å². The summed E-state index contributed by atoms with van der Waals surface area (Å²) in [6, 6.07) is 1.61. The van der Waals surface area contributed by atoms with Crippen molar-refractivity contribution < 1.29 is 33.0 Å². The maximum absolute atomic E-state index is 15.9. The lowest BCUT2D eigenvalue weighted by Crippen LogP contribution is -2.47. The maximum Gasteiger partial charge on any atom is 0.407 e. The van der Waals surface area contributed by atoms with Gasteiger partial charge in [-0.05, 0) is 46.1 Å². The number of hydrogen-bond donors (Lipinski definition) is 2. The second-order valence-electron chi connectivity index (χ2n) is 10.1. The van der Waals surface area contributed by atoms with E-state index in [9.17, 15) is 19.5 Å². The zero-order valence-corrected chi connectivity index (χ0v) is 20.1. The monoisotopic (exact) mass is 493 g/mol. The first kappa shape index (κ1) is 24.9. The molecule has 2 heterocycles. The van der Waals surface area contributed by atoms with Crippen LogP contribution in [0.5, 0.6) is 0 Å². The van der Waals surface area contributed by atoms with Gasteiger partial charge in [0.15, 0.2) is 11.2 Å². The summed E-state index contributed by atoms with van der Waals surface area (Å²) < 4.78 is 43.3. The van der Waals surface area contributed by atoms with Crippen LogP contribution in [-0.2, 0) is 9.47 Å². The van der Waals surface area contributed by atoms with Crippen LogP contribution in [0.3, 0.4) is 0 Å². The maximum atomic E-state index is 15.9. The first-order valence-electron chi connectivity index (χ1n) is 11.4. The number of carbonyl (C=O) groups is 2. The molecule has 2 aromatic rings. The number of rotatable bonds is 6. The highest BCUT2D eigenvalue weighted by Crippen LogP contribution is 2.41. The molecule has 35 heavy (non-hydrogen) atoms. The number of halogens is 2. The molecule has 9 nitrogen and oxygen atoms in total. The van der Waals surface area contributed by atoms with Gasteiger partial charge in [0.1, 0.15) is 28.4 Å². The van der Waals surface area contributed by atoms with Crippen LogP contribution in [0.1, 0.15) is 56.6 Å². The summed E-state index contributed by atoms with van der Waals surface area (Å²) in [6.45, 7) is 5.54. The quantitative estimate of drug-likeness (QED) is 0.634. The Labute approximate surface area is 200 Å². The Morgan fingerprint density at radius 3 is 2.51 bits per heavy atom. The smallest absolute Gasteiger partial charge is 0.407 e. The van der Waals surface area contributed by atoms with E-state index in [1.165, 1.54) is 16.6 Å². The Balaban J connectivity index is 1.70. The van der Waals surface area contributed by atoms with Crippen LogP contribution in [0.4, 0.5) is 19.3 Å². The topological polar surface area (TPSA) is 110 Å². The number of pyridine rings is 1. The van der Waals surface area contributed by atoms with Crippen LogP contribution in [0, 0.1) is 11.6 Å². The van der Waals surface area contributed by atoms with Gasteiger partial charge in [0, 0.05) is 32.3 Å². The molecule has 1 aromatic heterocycles. The summed E-state index contributed by atoms with van der Waals surface area (Å²) in [4.78, 5) is 37.9. The Kier molecular flexibility index (Phi) is 6.25. The van der Waals surface area contributed by atoms with E-state index in [1.807, 2.05) is 0 Å². The van der Waals surface area contributed by atoms with Gasteiger partial charge in [0.2, 0.25) is 0 Å². The molecule has 2 aliphatic rings. The van der Waals surface area contributed by atoms with Gasteiger partial charge in [-0.25, -0.2) is 18.4 Å². The summed E-state index contributed by atoms with van der Waals surface area (Å²) in [5.41, 5.74) is -3.26. The molecule has 0 radical (unpaired) electrons. The number of nitrogens with one attached hydrogen (secondary N) is 1. The minimum Gasteiger partial charge on any atom is -0.477 e. The highest BCUT2D eigenvalue weighted by molar-refractivity contribution is 5.92. The van der Waals surface area contributed by atoms with Crippen molar-refractivity contribution in [3.05, 3.63) is 39.7 Å². The predicted molar refractivity (Wildman–Crippen MR) is 124 cm³/mol. The third-order valence-electron chi connectivity index (χ3n) is 6.35. The van der Waals surface area contributed by atoms with Gasteiger partial charge in [0.25, 0.3) is 0 Å². The normalized spacial score (nSPS) is 20.3. The zero-order valence-electron chi connectivity index (χ0n) is 20.1. The second-order valence-corrected chi connectivity index (χ2v) is 10.1. The molecule has 1 aliphatic carbocycles. The van der Waals surface area contributed by atoms with E-state index in [2.05, 4.69) is 5.32 Å². The van der Waals surface area contributed by atoms with Gasteiger partial charge in [-0.15, -0.1) is 0 Å². The summed E-state index contributed by atoms with van der Waals surface area (Å²) in [5.74, 6) is -3.27. The number of ether oxygens (including phenoxy) is 2. The van der Waals surface area contributed by atoms with Crippen LogP contribution in [0.2, 0.25) is 0 Å². The van der Waals surface area contributed by atoms with Gasteiger partial charge in [0.05, 0.1) is 17.4 Å². The number of carbonyl (C=O) groups excluding carboxylic acids is 1. The third kappa shape index (κ3) is 4.82. The number of anilines is 1. The zero-order chi connectivity index (χ0) is 25.7. The first-order chi connectivity index (χ1) is 16.4. The molecule has 190 valence electrons. The van der Waals surface area contributed by atoms with Gasteiger partial charge >= 0.3 is 12.1 Å². The van der Waals surface area contributed by atoms with Crippen molar-refractivity contribution in [1.82, 2.24) is 9.88 Å². The molecule has 11 heteroatoms. The number of aromatic carboxylic acids is 1. The average Bonchev–Trinajstić information content (AvgIpc) is 3.51. The van der Waals surface area contributed by atoms with Crippen molar-refractivity contribution in [1.29, 1.82) is 0 Å². The first-order valence-corrected chi connectivity index (χ1v) is 11.4. The van der Waals surface area contributed by atoms with E-state index >= 15 is 8.78 Å². The lowest BCUT2D eigenvalue weighted by atomic mass is 10.0. The van der Waals surface area contributed by atoms with Crippen molar-refractivity contribution in [3.63, 3.8) is 0 Å². The van der Waals surface area contributed by atoms with Gasteiger partial charge in [-0.2, -0.15) is 0 Å². The number of fused-ring (bicyclic) bond motifs is 1. The highest BCUT2D eigenvalue weighted by atomic mass is 19.1. The molecule has 1 aliphatic heterocycles. The molecule has 1 aromatic carbocycles. The number of benzene rings is 1. The summed E-state index contributed by atoms with van der Waals surface area (Å²) >= 11 is 0. The van der Waals surface area contributed by atoms with Crippen LogP contribution in [0.25, 0.3) is 10.9 Å². The van der Waals surface area contributed by atoms with Gasteiger partial charge in [-0.1, -0.05) is 0 Å². The van der Waals surface area contributed by atoms with Gasteiger partial charge < -0.3 is 29.4 Å². The van der Waals surface area contributed by atoms with Crippen molar-refractivity contribution in [2.45, 2.75) is 57.3 Å². The molecule has 1 unspecified atom stereocenters. The van der Waals surface area contributed by atoms with Crippen LogP contribution in [0.15, 0.2) is 16.9 Å². The van der Waals surface area contributed by atoms with Crippen molar-refractivity contribution in [3.8, 4) is 0 Å². The van der Waals surface area contributed by atoms with E-state index in [1.54, 1.807) is 20.8 Å². The summed E-state index contributed by atoms with van der Waals surface area (Å²) in [6.07, 6.45) is 1.00. The number of aromatic nitrogens is 1. The molecule has 0 bridgehead atoms. The number of alkyl carbamates (subject to hydrolysis) is 1. The van der Waals surface area contributed by atoms with Crippen LogP contribution >= 0.6 is 0 Å². The summed E-state index contributed by atoms with van der Waals surface area (Å²) in [7, 11) is 1.46. The van der Waals surface area contributed by atoms with E-state index in [0.29, 0.717) is 19.3 Å². The molecule has 1 amide bonds. The standard InChI is InChI=1S/C24H29F2N3O6/c1-23(2,3)35-22(33)27-11-24(34-4)7-8-28(12-24)20-15(25)9-14-17(30)10-16(21(31)32)29(13-5-6-13)19(14)18(20)26/h9-10,13H,5-8,11-12H2,1-4H3,(H,27,33)(H,31,32). The van der Waals surface area contributed by atoms with E-state index in [-0.39, 0.29) is 48.0 Å². The molecule has 2 fully saturated rings. The lowest BCUT2D eigenvalue weighted by molar-refractivity contribution is 0.00306. The fourth-order valence-electron chi connectivity index (χ4n) is 4.55. The van der Waals surface area contributed by atoms with Crippen molar-refractivity contribution in [2.24, 2.45) is 0 Å². The number of carboxylic acid groups (broad SMARTS) is 1. The largest absolute Gasteiger partial charge is 0.477 e. The molecular weight excluding hydrogens is 464 g/mol. The van der Waals surface area contributed by atoms with Crippen LogP contribution < -0.4 is 15.6 Å². The van der Waals surface area contributed by atoms with E-state index in [4.69, 9.17) is 9.47 Å². The number of amides is 1. The molecule has 1 saturated heterocycles. The minimum absolute atomic E-state index is 0.0572. The Morgan fingerprint density at radius 1 is 1.26 bits per heavy atom. The van der Waals surface area contributed by atoms with E-state index < -0.39 is 40.3 Å². The van der Waals surface area contributed by atoms with Crippen LogP contribution in [-0.4, -0.2) is 59.7 Å². The molecule has 1 atom stereocenters. The number of nitrogens with zero attached hydrogens (tertiary/aromatic N) is 2. The Bertz CT molecular complexity index is 1250. The SMILES string of the molecule is COC1(CNC(=O)OC(C)(C)C)CCN(c2c(F)cc3c(=O)cc(C(=O)O)n(C4CC4)c3c2F)C1. The Hall–Kier alpha value is -3.21. The lowest BCUT2D eigenvalue weighted by Gasteiger charge is -2.30. The highest BCUT2D eigenvalue weighted by Gasteiger charge is 2.41. The van der Waals surface area contributed by atoms with E-state index in [0.717, 1.165) is 12.1 Å². The molecule has 0 spiro atoms. The van der Waals surface area contributed by atoms with Crippen molar-refractivity contribution >= 4 is 28.7 Å². The molecule has 1 saturated carbocycles. The minimum atomic E-state index is -1.35. The predicted octanol–water partition coefficient (Wildman–Crippen LogP) is 3.43. The second kappa shape index (κ2) is 8.78. The average molecular weight is 494 g/mol. The molecule has 4 rings (SSSR count). The fraction of sp³-hybridized carbons (Fsp3) is 0.542. The Morgan fingerprint density at radius 2 is 1.94 bits per heavy atom. The molecular formula is C24H29F2N3O6. The number of hydrogen-bond acceptors (Lipinski definition) is 6.